The molecule has 0 bridgehead atoms. The van der Waals surface area contributed by atoms with E-state index in [2.05, 4.69) is 4.72 Å². The van der Waals surface area contributed by atoms with E-state index in [1.165, 1.54) is 0 Å². The van der Waals surface area contributed by atoms with Crippen molar-refractivity contribution in [2.75, 3.05) is 0 Å². The molecule has 96 valence electrons. The van der Waals surface area contributed by atoms with Gasteiger partial charge in [0.2, 0.25) is 10.0 Å². The highest BCUT2D eigenvalue weighted by atomic mass is 32.2. The van der Waals surface area contributed by atoms with Crippen LogP contribution in [0.15, 0.2) is 0 Å². The molecule has 0 saturated heterocycles. The molecule has 0 aromatic carbocycles. The Morgan fingerprint density at radius 3 is 2.19 bits per heavy atom. The number of aliphatic hydroxyl groups is 1. The molecule has 2 N–H and O–H groups in total. The van der Waals surface area contributed by atoms with E-state index in [-0.39, 0.29) is 5.25 Å². The lowest BCUT2D eigenvalue weighted by molar-refractivity contribution is 0.111. The van der Waals surface area contributed by atoms with Crippen molar-refractivity contribution in [3.05, 3.63) is 0 Å². The van der Waals surface area contributed by atoms with Crippen LogP contribution in [0.5, 0.6) is 0 Å². The normalized spacial score (nSPS) is 22.0. The van der Waals surface area contributed by atoms with Gasteiger partial charge in [-0.05, 0) is 33.6 Å². The van der Waals surface area contributed by atoms with Crippen LogP contribution in [0.4, 0.5) is 0 Å². The Morgan fingerprint density at radius 1 is 1.25 bits per heavy atom. The first-order chi connectivity index (χ1) is 7.26. The van der Waals surface area contributed by atoms with Crippen LogP contribution in [0.3, 0.4) is 0 Å². The predicted octanol–water partition coefficient (Wildman–Crippen LogP) is 1.40. The molecule has 0 heterocycles. The van der Waals surface area contributed by atoms with Gasteiger partial charge in [0.05, 0.1) is 16.9 Å². The van der Waals surface area contributed by atoms with Crippen molar-refractivity contribution >= 4 is 10.0 Å². The Balaban J connectivity index is 2.71. The smallest absolute Gasteiger partial charge is 0.215 e. The van der Waals surface area contributed by atoms with Crippen molar-refractivity contribution in [3.63, 3.8) is 0 Å². The quantitative estimate of drug-likeness (QED) is 0.791. The Hall–Kier alpha value is -0.130. The van der Waals surface area contributed by atoms with Gasteiger partial charge in [-0.15, -0.1) is 0 Å². The molecule has 1 fully saturated rings. The molecular weight excluding hydrogens is 226 g/mol. The summed E-state index contributed by atoms with van der Waals surface area (Å²) < 4.78 is 26.8. The highest BCUT2D eigenvalue weighted by Gasteiger charge is 2.34. The second kappa shape index (κ2) is 5.02. The fraction of sp³-hybridized carbons (Fsp3) is 1.00. The lowest BCUT2D eigenvalue weighted by Crippen LogP contribution is -2.53. The second-order valence-electron chi connectivity index (χ2n) is 5.30. The third-order valence-corrected chi connectivity index (χ3v) is 5.60. The molecule has 1 saturated carbocycles. The molecule has 1 rings (SSSR count). The number of sulfonamides is 1. The van der Waals surface area contributed by atoms with Crippen LogP contribution >= 0.6 is 0 Å². The van der Waals surface area contributed by atoms with E-state index in [4.69, 9.17) is 0 Å². The van der Waals surface area contributed by atoms with E-state index in [1.54, 1.807) is 20.8 Å². The molecule has 1 atom stereocenters. The Bertz CT molecular complexity index is 316. The summed E-state index contributed by atoms with van der Waals surface area (Å²) in [7, 11) is -3.30. The molecule has 0 spiro atoms. The van der Waals surface area contributed by atoms with E-state index in [0.29, 0.717) is 0 Å². The summed E-state index contributed by atoms with van der Waals surface area (Å²) in [5, 5.41) is 9.24. The van der Waals surface area contributed by atoms with E-state index in [1.807, 2.05) is 0 Å². The first-order valence-electron chi connectivity index (χ1n) is 5.96. The SMILES string of the molecule is CC(O)C(C)(C)NS(=O)(=O)C1CCCCC1. The predicted molar refractivity (Wildman–Crippen MR) is 64.7 cm³/mol. The average Bonchev–Trinajstić information content (AvgIpc) is 2.17. The van der Waals surface area contributed by atoms with Crippen molar-refractivity contribution in [1.82, 2.24) is 4.72 Å². The summed E-state index contributed by atoms with van der Waals surface area (Å²) in [6.45, 7) is 5.01. The average molecular weight is 249 g/mol. The molecule has 1 aliphatic rings. The molecule has 0 aromatic rings. The third-order valence-electron chi connectivity index (χ3n) is 3.44. The molecule has 0 aromatic heterocycles. The molecule has 0 aliphatic heterocycles. The summed E-state index contributed by atoms with van der Waals surface area (Å²) in [4.78, 5) is 0. The Kier molecular flexibility index (Phi) is 4.37. The van der Waals surface area contributed by atoms with Crippen LogP contribution in [0.2, 0.25) is 0 Å². The van der Waals surface area contributed by atoms with Gasteiger partial charge in [-0.2, -0.15) is 0 Å². The van der Waals surface area contributed by atoms with Gasteiger partial charge in [0.15, 0.2) is 0 Å². The molecule has 4 nitrogen and oxygen atoms in total. The zero-order valence-electron chi connectivity index (χ0n) is 10.4. The standard InChI is InChI=1S/C11H23NO3S/c1-9(13)11(2,3)12-16(14,15)10-7-5-4-6-8-10/h9-10,12-13H,4-8H2,1-3H3. The number of hydrogen-bond donors (Lipinski definition) is 2. The molecule has 5 heteroatoms. The van der Waals surface area contributed by atoms with Crippen LogP contribution in [0.25, 0.3) is 0 Å². The topological polar surface area (TPSA) is 66.4 Å². The maximum Gasteiger partial charge on any atom is 0.215 e. The highest BCUT2D eigenvalue weighted by Crippen LogP contribution is 2.24. The molecule has 0 radical (unpaired) electrons. The van der Waals surface area contributed by atoms with Gasteiger partial charge >= 0.3 is 0 Å². The largest absolute Gasteiger partial charge is 0.391 e. The molecule has 1 aliphatic carbocycles. The van der Waals surface area contributed by atoms with Crippen molar-refractivity contribution < 1.29 is 13.5 Å². The summed E-state index contributed by atoms with van der Waals surface area (Å²) >= 11 is 0. The highest BCUT2D eigenvalue weighted by molar-refractivity contribution is 7.90. The molecule has 1 unspecified atom stereocenters. The minimum atomic E-state index is -3.30. The third kappa shape index (κ3) is 3.43. The summed E-state index contributed by atoms with van der Waals surface area (Å²) in [6, 6.07) is 0. The van der Waals surface area contributed by atoms with Gasteiger partial charge in [-0.25, -0.2) is 13.1 Å². The number of aliphatic hydroxyl groups excluding tert-OH is 1. The second-order valence-corrected chi connectivity index (χ2v) is 7.27. The van der Waals surface area contributed by atoms with Crippen LogP contribution < -0.4 is 4.72 Å². The van der Waals surface area contributed by atoms with Crippen LogP contribution in [0, 0.1) is 0 Å². The maximum absolute atomic E-state index is 12.1. The summed E-state index contributed by atoms with van der Waals surface area (Å²) in [6.07, 6.45) is 3.88. The van der Waals surface area contributed by atoms with Crippen LogP contribution in [0.1, 0.15) is 52.9 Å². The van der Waals surface area contributed by atoms with Gasteiger partial charge in [0, 0.05) is 0 Å². The lowest BCUT2D eigenvalue weighted by atomic mass is 10.0. The van der Waals surface area contributed by atoms with Gasteiger partial charge in [-0.1, -0.05) is 19.3 Å². The number of nitrogens with one attached hydrogen (secondary N) is 1. The lowest BCUT2D eigenvalue weighted by Gasteiger charge is -2.32. The van der Waals surface area contributed by atoms with Gasteiger partial charge in [0.1, 0.15) is 0 Å². The van der Waals surface area contributed by atoms with Crippen molar-refractivity contribution in [2.24, 2.45) is 0 Å². The number of hydrogen-bond acceptors (Lipinski definition) is 3. The fourth-order valence-corrected chi connectivity index (χ4v) is 3.94. The number of rotatable bonds is 4. The molecular formula is C11H23NO3S. The molecule has 0 amide bonds. The van der Waals surface area contributed by atoms with Gasteiger partial charge < -0.3 is 5.11 Å². The zero-order chi connectivity index (χ0) is 12.4. The van der Waals surface area contributed by atoms with Crippen LogP contribution in [-0.4, -0.2) is 30.4 Å². The Morgan fingerprint density at radius 2 is 1.75 bits per heavy atom. The van der Waals surface area contributed by atoms with Crippen molar-refractivity contribution in [1.29, 1.82) is 0 Å². The van der Waals surface area contributed by atoms with E-state index in [9.17, 15) is 13.5 Å². The van der Waals surface area contributed by atoms with Gasteiger partial charge in [0.25, 0.3) is 0 Å². The summed E-state index contributed by atoms with van der Waals surface area (Å²) in [5.74, 6) is 0. The monoisotopic (exact) mass is 249 g/mol. The summed E-state index contributed by atoms with van der Waals surface area (Å²) in [5.41, 5.74) is -0.795. The first kappa shape index (κ1) is 13.9. The van der Waals surface area contributed by atoms with E-state index in [0.717, 1.165) is 32.1 Å². The first-order valence-corrected chi connectivity index (χ1v) is 7.51. The minimum absolute atomic E-state index is 0.278. The Labute approximate surface area is 98.5 Å². The molecule has 16 heavy (non-hydrogen) atoms. The van der Waals surface area contributed by atoms with E-state index >= 15 is 0 Å². The van der Waals surface area contributed by atoms with Gasteiger partial charge in [-0.3, -0.25) is 0 Å². The fourth-order valence-electron chi connectivity index (χ4n) is 1.91. The maximum atomic E-state index is 12.1. The minimum Gasteiger partial charge on any atom is -0.391 e. The van der Waals surface area contributed by atoms with Crippen molar-refractivity contribution in [3.8, 4) is 0 Å². The van der Waals surface area contributed by atoms with Crippen molar-refractivity contribution in [2.45, 2.75) is 69.8 Å². The van der Waals surface area contributed by atoms with E-state index < -0.39 is 21.7 Å². The zero-order valence-corrected chi connectivity index (χ0v) is 11.2. The van der Waals surface area contributed by atoms with Crippen LogP contribution in [-0.2, 0) is 10.0 Å².